The molecule has 0 radical (unpaired) electrons. The average molecular weight is 487 g/mol. The number of fused-ring (bicyclic) bond motifs is 1. The van der Waals surface area contributed by atoms with Crippen LogP contribution in [0.25, 0.3) is 0 Å². The third kappa shape index (κ3) is 5.31. The molecule has 0 saturated heterocycles. The fraction of sp³-hybridized carbons (Fsp3) is 0.333. The van der Waals surface area contributed by atoms with Gasteiger partial charge in [-0.05, 0) is 30.7 Å². The van der Waals surface area contributed by atoms with Crippen molar-refractivity contribution in [2.45, 2.75) is 31.3 Å². The predicted octanol–water partition coefficient (Wildman–Crippen LogP) is -0.341. The van der Waals surface area contributed by atoms with Crippen LogP contribution in [0.5, 0.6) is 0 Å². The van der Waals surface area contributed by atoms with Gasteiger partial charge in [0.2, 0.25) is 12.4 Å². The normalized spacial score (nSPS) is 17.2. The Balaban J connectivity index is 1.81. The third-order valence-corrected chi connectivity index (χ3v) is 5.48. The van der Waals surface area contributed by atoms with E-state index in [1.165, 1.54) is 24.3 Å². The van der Waals surface area contributed by atoms with Gasteiger partial charge in [0.05, 0.1) is 13.1 Å². The Kier molecular flexibility index (Phi) is 7.22. The number of nitrogens with zero attached hydrogens (tertiary/aromatic N) is 2. The lowest BCUT2D eigenvalue weighted by Crippen LogP contribution is -2.61. The van der Waals surface area contributed by atoms with E-state index in [4.69, 9.17) is 5.73 Å². The average Bonchev–Trinajstić information content (AvgIpc) is 2.82. The summed E-state index contributed by atoms with van der Waals surface area (Å²) in [5.74, 6) is -3.13. The van der Waals surface area contributed by atoms with Gasteiger partial charge in [0, 0.05) is 11.3 Å². The van der Waals surface area contributed by atoms with Crippen LogP contribution < -0.4 is 32.1 Å². The van der Waals surface area contributed by atoms with E-state index in [0.29, 0.717) is 12.8 Å². The van der Waals surface area contributed by atoms with Gasteiger partial charge >= 0.3 is 11.9 Å². The first-order valence-corrected chi connectivity index (χ1v) is 10.6. The Morgan fingerprint density at radius 1 is 1.29 bits per heavy atom. The molecule has 2 aromatic rings. The van der Waals surface area contributed by atoms with Crippen LogP contribution in [0.15, 0.2) is 29.1 Å². The van der Waals surface area contributed by atoms with Gasteiger partial charge in [0.25, 0.3) is 11.5 Å². The van der Waals surface area contributed by atoms with Gasteiger partial charge in [0.15, 0.2) is 11.4 Å². The summed E-state index contributed by atoms with van der Waals surface area (Å²) >= 11 is 0. The zero-order chi connectivity index (χ0) is 25.8. The lowest BCUT2D eigenvalue weighted by Gasteiger charge is -2.38. The molecule has 0 saturated carbocycles. The Labute approximate surface area is 198 Å². The molecule has 186 valence electrons. The maximum atomic E-state index is 12.4. The number of nitrogens with two attached hydrogens (primary N) is 1. The van der Waals surface area contributed by atoms with Crippen molar-refractivity contribution in [3.63, 3.8) is 0 Å². The first-order valence-electron chi connectivity index (χ1n) is 10.6. The molecular formula is C21H25N7O7. The summed E-state index contributed by atoms with van der Waals surface area (Å²) in [7, 11) is 0. The maximum Gasteiger partial charge on any atom is 0.333 e. The number of aliphatic carboxylic acids is 2. The Bertz CT molecular complexity index is 1200. The molecule has 3 rings (SSSR count). The second-order valence-corrected chi connectivity index (χ2v) is 7.97. The van der Waals surface area contributed by atoms with Crippen LogP contribution in [0.3, 0.4) is 0 Å². The lowest BCUT2D eigenvalue weighted by molar-refractivity contribution is -0.141. The third-order valence-electron chi connectivity index (χ3n) is 5.48. The summed E-state index contributed by atoms with van der Waals surface area (Å²) < 4.78 is 0. The number of aromatic nitrogens is 2. The van der Waals surface area contributed by atoms with E-state index in [0.717, 1.165) is 4.90 Å². The number of amides is 2. The van der Waals surface area contributed by atoms with Gasteiger partial charge in [-0.1, -0.05) is 13.3 Å². The van der Waals surface area contributed by atoms with Crippen molar-refractivity contribution in [1.29, 1.82) is 0 Å². The Morgan fingerprint density at radius 2 is 1.97 bits per heavy atom. The van der Waals surface area contributed by atoms with Gasteiger partial charge in [-0.25, -0.2) is 9.59 Å². The second-order valence-electron chi connectivity index (χ2n) is 7.97. The fourth-order valence-electron chi connectivity index (χ4n) is 3.62. The van der Waals surface area contributed by atoms with Crippen molar-refractivity contribution in [3.05, 3.63) is 40.2 Å². The number of nitrogen functional groups attached to an aromatic ring is 1. The zero-order valence-electron chi connectivity index (χ0n) is 18.7. The lowest BCUT2D eigenvalue weighted by atomic mass is 9.96. The molecule has 0 fully saturated rings. The molecule has 1 aliphatic heterocycles. The monoisotopic (exact) mass is 487 g/mol. The molecule has 2 atom stereocenters. The Hall–Kier alpha value is -4.62. The highest BCUT2D eigenvalue weighted by molar-refractivity contribution is 5.97. The molecule has 14 heteroatoms. The van der Waals surface area contributed by atoms with Gasteiger partial charge in [-0.3, -0.25) is 19.4 Å². The van der Waals surface area contributed by atoms with E-state index in [-0.39, 0.29) is 48.2 Å². The first kappa shape index (κ1) is 25.0. The van der Waals surface area contributed by atoms with Crippen LogP contribution in [-0.2, 0) is 14.4 Å². The summed E-state index contributed by atoms with van der Waals surface area (Å²) in [6.07, 6.45) is 1.26. The summed E-state index contributed by atoms with van der Waals surface area (Å²) in [4.78, 5) is 67.3. The molecule has 0 spiro atoms. The molecule has 1 aromatic heterocycles. The highest BCUT2D eigenvalue weighted by atomic mass is 16.4. The first-order chi connectivity index (χ1) is 16.6. The number of carboxylic acids is 2. The molecular weight excluding hydrogens is 462 g/mol. The van der Waals surface area contributed by atoms with Gasteiger partial charge in [-0.15, -0.1) is 0 Å². The smallest absolute Gasteiger partial charge is 0.333 e. The number of benzene rings is 1. The molecule has 8 N–H and O–H groups in total. The highest BCUT2D eigenvalue weighted by Crippen LogP contribution is 2.28. The van der Waals surface area contributed by atoms with Crippen LogP contribution in [0, 0.1) is 0 Å². The molecule has 2 heterocycles. The van der Waals surface area contributed by atoms with Crippen LogP contribution in [-0.4, -0.2) is 69.1 Å². The number of carboxylic acid groups (broad SMARTS) is 2. The number of aromatic amines is 1. The van der Waals surface area contributed by atoms with E-state index in [1.54, 1.807) is 6.92 Å². The van der Waals surface area contributed by atoms with Gasteiger partial charge in [0.1, 0.15) is 11.7 Å². The van der Waals surface area contributed by atoms with E-state index in [1.807, 2.05) is 0 Å². The van der Waals surface area contributed by atoms with Gasteiger partial charge in [-0.2, -0.15) is 4.98 Å². The number of H-pyrrole nitrogens is 1. The number of anilines is 4. The predicted molar refractivity (Wildman–Crippen MR) is 125 cm³/mol. The number of nitrogens with one attached hydrogen (secondary N) is 4. The SMILES string of the molecule is CCCC(NC(=O)c1ccc(N(C=O)CC2(C(=O)O)CNc3nc(N)[nH]c(=O)c3N2)cc1)C(=O)O. The van der Waals surface area contributed by atoms with Crippen LogP contribution in [0.2, 0.25) is 0 Å². The van der Waals surface area contributed by atoms with Crippen molar-refractivity contribution in [3.8, 4) is 0 Å². The van der Waals surface area contributed by atoms with E-state index < -0.39 is 35.0 Å². The second kappa shape index (κ2) is 10.1. The molecule has 1 aliphatic rings. The minimum absolute atomic E-state index is 0.0823. The number of carbonyl (C=O) groups is 4. The van der Waals surface area contributed by atoms with E-state index in [2.05, 4.69) is 25.9 Å². The Morgan fingerprint density at radius 3 is 2.54 bits per heavy atom. The van der Waals surface area contributed by atoms with Crippen molar-refractivity contribution in [2.75, 3.05) is 34.4 Å². The van der Waals surface area contributed by atoms with Crippen molar-refractivity contribution >= 4 is 47.4 Å². The summed E-state index contributed by atoms with van der Waals surface area (Å²) in [6.45, 7) is 1.20. The number of hydrogen-bond acceptors (Lipinski definition) is 9. The molecule has 1 aromatic carbocycles. The summed E-state index contributed by atoms with van der Waals surface area (Å²) in [5, 5.41) is 27.0. The fourth-order valence-corrected chi connectivity index (χ4v) is 3.62. The molecule has 2 unspecified atom stereocenters. The number of rotatable bonds is 10. The number of carbonyl (C=O) groups excluding carboxylic acids is 2. The molecule has 2 amide bonds. The van der Waals surface area contributed by atoms with Gasteiger partial charge < -0.3 is 36.8 Å². The largest absolute Gasteiger partial charge is 0.480 e. The van der Waals surface area contributed by atoms with Crippen LogP contribution in [0.4, 0.5) is 23.1 Å². The zero-order valence-corrected chi connectivity index (χ0v) is 18.7. The quantitative estimate of drug-likeness (QED) is 0.215. The summed E-state index contributed by atoms with van der Waals surface area (Å²) in [6, 6.07) is 4.59. The van der Waals surface area contributed by atoms with E-state index >= 15 is 0 Å². The van der Waals surface area contributed by atoms with Crippen LogP contribution in [0.1, 0.15) is 30.1 Å². The molecule has 0 bridgehead atoms. The molecule has 14 nitrogen and oxygen atoms in total. The molecule has 35 heavy (non-hydrogen) atoms. The molecule has 0 aliphatic carbocycles. The standard InChI is InChI=1S/C21H25N7O7/c1-2-3-13(18(32)33)24-16(30)11-4-6-12(7-5-11)28(10-29)9-21(19(34)35)8-23-15-14(27-21)17(31)26-20(22)25-15/h4-7,10,13,27H,2-3,8-9H2,1H3,(H,24,30)(H,32,33)(H,34,35)(H4,22,23,25,26,31). The van der Waals surface area contributed by atoms with Crippen molar-refractivity contribution in [2.24, 2.45) is 0 Å². The highest BCUT2D eigenvalue weighted by Gasteiger charge is 2.44. The number of hydrogen-bond donors (Lipinski definition) is 7. The van der Waals surface area contributed by atoms with E-state index in [9.17, 15) is 34.2 Å². The summed E-state index contributed by atoms with van der Waals surface area (Å²) in [5.41, 5.74) is 3.35. The topological polar surface area (TPSA) is 220 Å². The van der Waals surface area contributed by atoms with Crippen LogP contribution >= 0.6 is 0 Å². The maximum absolute atomic E-state index is 12.4. The minimum atomic E-state index is -1.79. The minimum Gasteiger partial charge on any atom is -0.480 e. The van der Waals surface area contributed by atoms with Crippen molar-refractivity contribution < 1.29 is 29.4 Å². The van der Waals surface area contributed by atoms with Crippen molar-refractivity contribution in [1.82, 2.24) is 15.3 Å².